The van der Waals surface area contributed by atoms with Crippen molar-refractivity contribution in [2.24, 2.45) is 4.99 Å². The normalized spacial score (nSPS) is 13.0. The summed E-state index contributed by atoms with van der Waals surface area (Å²) >= 11 is 0. The molecule has 0 aliphatic rings. The molecule has 27 heavy (non-hydrogen) atoms. The first-order chi connectivity index (χ1) is 12.7. The number of halogens is 3. The van der Waals surface area contributed by atoms with Crippen molar-refractivity contribution in [2.75, 3.05) is 33.6 Å². The summed E-state index contributed by atoms with van der Waals surface area (Å²) in [6.07, 6.45) is 0.533. The molecule has 1 aromatic rings. The van der Waals surface area contributed by atoms with Gasteiger partial charge in [-0.15, -0.1) is 0 Å². The van der Waals surface area contributed by atoms with Crippen LogP contribution in [0.25, 0.3) is 0 Å². The van der Waals surface area contributed by atoms with E-state index in [4.69, 9.17) is 4.84 Å². The molecule has 148 valence electrons. The van der Waals surface area contributed by atoms with Crippen molar-refractivity contribution < 1.29 is 22.8 Å². The number of carbonyl (C=O) groups is 1. The van der Waals surface area contributed by atoms with Gasteiger partial charge in [0.15, 0.2) is 5.82 Å². The average Bonchev–Trinajstić information content (AvgIpc) is 2.65. The highest BCUT2D eigenvalue weighted by molar-refractivity contribution is 6.06. The first-order valence-corrected chi connectivity index (χ1v) is 7.84. The lowest BCUT2D eigenvalue weighted by molar-refractivity contribution is -0.163. The SMILES string of the molecule is C/C=C(C=Nc1cc(C(F)(F)F)cnc1NC)\C(=C/NC)C(=O)N(C)OC. The van der Waals surface area contributed by atoms with Gasteiger partial charge in [0.2, 0.25) is 0 Å². The van der Waals surface area contributed by atoms with Crippen molar-refractivity contribution in [3.63, 3.8) is 0 Å². The fourth-order valence-corrected chi connectivity index (χ4v) is 2.00. The van der Waals surface area contributed by atoms with Crippen LogP contribution >= 0.6 is 0 Å². The van der Waals surface area contributed by atoms with Crippen LogP contribution in [0.2, 0.25) is 0 Å². The molecule has 2 N–H and O–H groups in total. The monoisotopic (exact) mass is 385 g/mol. The van der Waals surface area contributed by atoms with Crippen LogP contribution in [-0.4, -0.2) is 50.4 Å². The highest BCUT2D eigenvalue weighted by atomic mass is 19.4. The molecule has 0 atom stereocenters. The van der Waals surface area contributed by atoms with Gasteiger partial charge in [0.1, 0.15) is 5.69 Å². The van der Waals surface area contributed by atoms with E-state index >= 15 is 0 Å². The number of allylic oxidation sites excluding steroid dienone is 1. The van der Waals surface area contributed by atoms with Crippen molar-refractivity contribution >= 4 is 23.6 Å². The third-order valence-corrected chi connectivity index (χ3v) is 3.48. The first kappa shape index (κ1) is 22.2. The molecule has 10 heteroatoms. The highest BCUT2D eigenvalue weighted by Gasteiger charge is 2.31. The Morgan fingerprint density at radius 1 is 1.37 bits per heavy atom. The van der Waals surface area contributed by atoms with Gasteiger partial charge in [-0.25, -0.2) is 10.0 Å². The van der Waals surface area contributed by atoms with Crippen molar-refractivity contribution in [3.8, 4) is 0 Å². The van der Waals surface area contributed by atoms with Crippen LogP contribution in [0.4, 0.5) is 24.7 Å². The van der Waals surface area contributed by atoms with Gasteiger partial charge in [-0.05, 0) is 13.0 Å². The zero-order valence-electron chi connectivity index (χ0n) is 15.7. The summed E-state index contributed by atoms with van der Waals surface area (Å²) in [4.78, 5) is 25.1. The smallest absolute Gasteiger partial charge is 0.393 e. The van der Waals surface area contributed by atoms with Crippen LogP contribution in [0, 0.1) is 0 Å². The largest absolute Gasteiger partial charge is 0.417 e. The van der Waals surface area contributed by atoms with Gasteiger partial charge < -0.3 is 10.6 Å². The number of hydrogen-bond acceptors (Lipinski definition) is 6. The fraction of sp³-hybridized carbons (Fsp3) is 0.353. The van der Waals surface area contributed by atoms with Crippen molar-refractivity contribution in [3.05, 3.63) is 41.2 Å². The maximum Gasteiger partial charge on any atom is 0.417 e. The van der Waals surface area contributed by atoms with E-state index in [1.807, 2.05) is 0 Å². The van der Waals surface area contributed by atoms with Crippen molar-refractivity contribution in [2.45, 2.75) is 13.1 Å². The van der Waals surface area contributed by atoms with Crippen LogP contribution in [0.3, 0.4) is 0 Å². The van der Waals surface area contributed by atoms with E-state index in [1.54, 1.807) is 20.0 Å². The highest BCUT2D eigenvalue weighted by Crippen LogP contribution is 2.33. The Bertz CT molecular complexity index is 757. The minimum atomic E-state index is -4.54. The number of hydroxylamine groups is 2. The van der Waals surface area contributed by atoms with E-state index < -0.39 is 17.6 Å². The summed E-state index contributed by atoms with van der Waals surface area (Å²) in [7, 11) is 5.91. The number of hydrogen-bond donors (Lipinski definition) is 2. The number of aromatic nitrogens is 1. The maximum atomic E-state index is 12.9. The van der Waals surface area contributed by atoms with E-state index in [0.717, 1.165) is 17.3 Å². The van der Waals surface area contributed by atoms with Crippen molar-refractivity contribution in [1.82, 2.24) is 15.4 Å². The molecule has 0 aliphatic heterocycles. The third-order valence-electron chi connectivity index (χ3n) is 3.48. The number of anilines is 1. The molecule has 0 spiro atoms. The molecule has 1 amide bonds. The van der Waals surface area contributed by atoms with E-state index in [0.29, 0.717) is 5.57 Å². The molecule has 0 fully saturated rings. The minimum Gasteiger partial charge on any atom is -0.393 e. The van der Waals surface area contributed by atoms with Crippen LogP contribution in [-0.2, 0) is 15.8 Å². The lowest BCUT2D eigenvalue weighted by Gasteiger charge is -2.16. The van der Waals surface area contributed by atoms with Crippen LogP contribution in [0.1, 0.15) is 12.5 Å². The van der Waals surface area contributed by atoms with Crippen LogP contribution in [0.15, 0.2) is 40.7 Å². The van der Waals surface area contributed by atoms with Gasteiger partial charge in [-0.1, -0.05) is 6.08 Å². The molecule has 1 rings (SSSR count). The number of rotatable bonds is 7. The predicted molar refractivity (Wildman–Crippen MR) is 97.6 cm³/mol. The van der Waals surface area contributed by atoms with Gasteiger partial charge in [0, 0.05) is 45.3 Å². The van der Waals surface area contributed by atoms with Crippen LogP contribution < -0.4 is 10.6 Å². The summed E-state index contributed by atoms with van der Waals surface area (Å²) in [5, 5.41) is 6.46. The topological polar surface area (TPSA) is 78.8 Å². The average molecular weight is 385 g/mol. The second kappa shape index (κ2) is 9.72. The van der Waals surface area contributed by atoms with Gasteiger partial charge >= 0.3 is 6.18 Å². The lowest BCUT2D eigenvalue weighted by atomic mass is 10.1. The second-order valence-corrected chi connectivity index (χ2v) is 5.17. The summed E-state index contributed by atoms with van der Waals surface area (Å²) in [6.45, 7) is 1.67. The molecule has 0 radical (unpaired) electrons. The Hall–Kier alpha value is -2.88. The summed E-state index contributed by atoms with van der Waals surface area (Å²) < 4.78 is 38.8. The quantitative estimate of drug-likeness (QED) is 0.327. The number of carbonyl (C=O) groups excluding carboxylic acids is 1. The standard InChI is InChI=1S/C17H22F3N5O2/c1-6-11(13(10-21-2)16(26)25(4)27-5)8-23-14-7-12(17(18,19)20)9-24-15(14)22-3/h6-10,21H,1-5H3,(H,22,24)/b11-6-,13-10+,23-8?. The number of nitrogens with zero attached hydrogens (tertiary/aromatic N) is 3. The first-order valence-electron chi connectivity index (χ1n) is 7.84. The summed E-state index contributed by atoms with van der Waals surface area (Å²) in [5.74, 6) is -0.281. The Labute approximate surface area is 155 Å². The fourth-order valence-electron chi connectivity index (χ4n) is 2.00. The summed E-state index contributed by atoms with van der Waals surface area (Å²) in [6, 6.07) is 0.882. The molecule has 0 saturated heterocycles. The molecule has 0 unspecified atom stereocenters. The van der Waals surface area contributed by atoms with Crippen LogP contribution in [0.5, 0.6) is 0 Å². The Kier molecular flexibility index (Phi) is 7.98. The number of likely N-dealkylation sites (N-methyl/N-ethyl adjacent to an activating group) is 1. The second-order valence-electron chi connectivity index (χ2n) is 5.17. The molecule has 1 heterocycles. The summed E-state index contributed by atoms with van der Waals surface area (Å²) in [5.41, 5.74) is -0.323. The zero-order chi connectivity index (χ0) is 20.6. The van der Waals surface area contributed by atoms with E-state index in [2.05, 4.69) is 20.6 Å². The molecule has 7 nitrogen and oxygen atoms in total. The van der Waals surface area contributed by atoms with Gasteiger partial charge in [0.25, 0.3) is 5.91 Å². The lowest BCUT2D eigenvalue weighted by Crippen LogP contribution is -2.28. The Morgan fingerprint density at radius 3 is 2.52 bits per heavy atom. The molecule has 0 saturated carbocycles. The number of alkyl halides is 3. The Balaban J connectivity index is 3.32. The number of amides is 1. The molecule has 0 aromatic carbocycles. The minimum absolute atomic E-state index is 0.0111. The Morgan fingerprint density at radius 2 is 2.04 bits per heavy atom. The van der Waals surface area contributed by atoms with E-state index in [-0.39, 0.29) is 17.1 Å². The zero-order valence-corrected chi connectivity index (χ0v) is 15.7. The van der Waals surface area contributed by atoms with Gasteiger partial charge in [-0.2, -0.15) is 13.2 Å². The number of aliphatic imine (C=N–C) groups is 1. The molecular formula is C17H22F3N5O2. The van der Waals surface area contributed by atoms with E-state index in [1.165, 1.54) is 33.6 Å². The van der Waals surface area contributed by atoms with Crippen molar-refractivity contribution in [1.29, 1.82) is 0 Å². The molecule has 0 bridgehead atoms. The number of nitrogens with one attached hydrogen (secondary N) is 2. The van der Waals surface area contributed by atoms with E-state index in [9.17, 15) is 18.0 Å². The van der Waals surface area contributed by atoms with Gasteiger partial charge in [-0.3, -0.25) is 14.6 Å². The third kappa shape index (κ3) is 5.81. The molecular weight excluding hydrogens is 363 g/mol. The predicted octanol–water partition coefficient (Wildman–Crippen LogP) is 2.91. The molecule has 1 aromatic heterocycles. The number of pyridine rings is 1. The van der Waals surface area contributed by atoms with Gasteiger partial charge in [0.05, 0.1) is 18.2 Å². The maximum absolute atomic E-state index is 12.9. The molecule has 0 aliphatic carbocycles.